The van der Waals surface area contributed by atoms with Gasteiger partial charge in [-0.1, -0.05) is 0 Å². The smallest absolute Gasteiger partial charge is 0.269 e. The van der Waals surface area contributed by atoms with Crippen LogP contribution in [0.15, 0.2) is 30.3 Å². The van der Waals surface area contributed by atoms with Crippen LogP contribution in [0.3, 0.4) is 0 Å². The number of likely N-dealkylation sites (N-methyl/N-ethyl adjacent to an activating group) is 1. The van der Waals surface area contributed by atoms with Gasteiger partial charge in [0.15, 0.2) is 0 Å². The van der Waals surface area contributed by atoms with Crippen molar-refractivity contribution in [3.63, 3.8) is 0 Å². The number of nitro groups is 1. The Hall–Kier alpha value is -2.21. The molecule has 0 fully saturated rings. The summed E-state index contributed by atoms with van der Waals surface area (Å²) in [4.78, 5) is 23.4. The number of carbonyl (C=O) groups excluding carboxylic acids is 1. The van der Waals surface area contributed by atoms with Crippen molar-refractivity contribution in [1.82, 2.24) is 4.90 Å². The van der Waals surface area contributed by atoms with Crippen molar-refractivity contribution < 1.29 is 14.5 Å². The quantitative estimate of drug-likeness (QED) is 0.331. The van der Waals surface area contributed by atoms with E-state index in [1.165, 1.54) is 18.2 Å². The molecule has 0 bridgehead atoms. The lowest BCUT2D eigenvalue weighted by Crippen LogP contribution is -2.26. The topological polar surface area (TPSA) is 72.7 Å². The first-order chi connectivity index (χ1) is 9.54. The minimum Gasteiger partial charge on any atom is -0.385 e. The minimum atomic E-state index is -0.456. The first-order valence-corrected chi connectivity index (χ1v) is 6.21. The number of hydrogen-bond acceptors (Lipinski definition) is 4. The molecule has 0 saturated carbocycles. The van der Waals surface area contributed by atoms with Crippen LogP contribution in [0, 0.1) is 10.1 Å². The highest BCUT2D eigenvalue weighted by atomic mass is 16.6. The lowest BCUT2D eigenvalue weighted by molar-refractivity contribution is -0.384. The number of amides is 1. The third kappa shape index (κ3) is 5.19. The van der Waals surface area contributed by atoms with E-state index in [9.17, 15) is 14.9 Å². The number of rotatable bonds is 7. The van der Waals surface area contributed by atoms with Crippen molar-refractivity contribution in [1.29, 1.82) is 0 Å². The summed E-state index contributed by atoms with van der Waals surface area (Å²) < 4.78 is 4.92. The molecule has 0 atom stereocenters. The summed E-state index contributed by atoms with van der Waals surface area (Å²) in [6.45, 7) is 1.24. The van der Waals surface area contributed by atoms with Crippen LogP contribution in [0.25, 0.3) is 6.08 Å². The van der Waals surface area contributed by atoms with Gasteiger partial charge in [-0.2, -0.15) is 0 Å². The molecule has 1 aromatic carbocycles. The number of hydrogen-bond donors (Lipinski definition) is 0. The Morgan fingerprint density at radius 2 is 2.05 bits per heavy atom. The van der Waals surface area contributed by atoms with E-state index in [-0.39, 0.29) is 11.6 Å². The third-order valence-electron chi connectivity index (χ3n) is 2.74. The van der Waals surface area contributed by atoms with Crippen molar-refractivity contribution in [2.45, 2.75) is 6.42 Å². The van der Waals surface area contributed by atoms with Crippen LogP contribution < -0.4 is 0 Å². The van der Waals surface area contributed by atoms with E-state index in [0.29, 0.717) is 13.2 Å². The second kappa shape index (κ2) is 8.06. The fraction of sp³-hybridized carbons (Fsp3) is 0.357. The van der Waals surface area contributed by atoms with Crippen molar-refractivity contribution in [2.24, 2.45) is 0 Å². The standard InChI is InChI=1S/C14H18N2O4/c1-15(10-3-11-20-2)14(17)9-6-12-4-7-13(8-5-12)16(18)19/h4-9H,3,10-11H2,1-2H3/b9-6+. The van der Waals surface area contributed by atoms with Gasteiger partial charge in [0.25, 0.3) is 5.69 Å². The Morgan fingerprint density at radius 1 is 1.40 bits per heavy atom. The van der Waals surface area contributed by atoms with Crippen LogP contribution in [-0.4, -0.2) is 43.0 Å². The van der Waals surface area contributed by atoms with E-state index in [0.717, 1.165) is 12.0 Å². The molecule has 0 aliphatic rings. The Morgan fingerprint density at radius 3 is 2.60 bits per heavy atom. The number of methoxy groups -OCH3 is 1. The Kier molecular flexibility index (Phi) is 6.39. The Balaban J connectivity index is 2.54. The van der Waals surface area contributed by atoms with E-state index < -0.39 is 4.92 Å². The maximum atomic E-state index is 11.8. The zero-order valence-electron chi connectivity index (χ0n) is 11.6. The molecule has 0 radical (unpaired) electrons. The van der Waals surface area contributed by atoms with Crippen LogP contribution in [0.4, 0.5) is 5.69 Å². The van der Waals surface area contributed by atoms with Gasteiger partial charge in [-0.25, -0.2) is 0 Å². The Bertz CT molecular complexity index is 482. The van der Waals surface area contributed by atoms with Crippen molar-refractivity contribution in [3.05, 3.63) is 46.0 Å². The summed E-state index contributed by atoms with van der Waals surface area (Å²) in [6.07, 6.45) is 3.87. The van der Waals surface area contributed by atoms with Gasteiger partial charge in [0.1, 0.15) is 0 Å². The van der Waals surface area contributed by atoms with Crippen LogP contribution in [0.1, 0.15) is 12.0 Å². The van der Waals surface area contributed by atoms with Gasteiger partial charge in [-0.05, 0) is 30.2 Å². The van der Waals surface area contributed by atoms with E-state index >= 15 is 0 Å². The van der Waals surface area contributed by atoms with Gasteiger partial charge in [-0.15, -0.1) is 0 Å². The molecule has 108 valence electrons. The lowest BCUT2D eigenvalue weighted by Gasteiger charge is -2.14. The van der Waals surface area contributed by atoms with E-state index in [4.69, 9.17) is 4.74 Å². The summed E-state index contributed by atoms with van der Waals surface area (Å²) in [5.74, 6) is -0.112. The maximum Gasteiger partial charge on any atom is 0.269 e. The maximum absolute atomic E-state index is 11.8. The second-order valence-electron chi connectivity index (χ2n) is 4.29. The molecular weight excluding hydrogens is 260 g/mol. The van der Waals surface area contributed by atoms with Gasteiger partial charge in [-0.3, -0.25) is 14.9 Å². The fourth-order valence-corrected chi connectivity index (χ4v) is 1.56. The SMILES string of the molecule is COCCCN(C)C(=O)/C=C/c1ccc([N+](=O)[O-])cc1. The van der Waals surface area contributed by atoms with E-state index in [2.05, 4.69) is 0 Å². The highest BCUT2D eigenvalue weighted by Crippen LogP contribution is 2.12. The number of nitro benzene ring substituents is 1. The van der Waals surface area contributed by atoms with Crippen molar-refractivity contribution in [3.8, 4) is 0 Å². The second-order valence-corrected chi connectivity index (χ2v) is 4.29. The largest absolute Gasteiger partial charge is 0.385 e. The molecule has 0 aliphatic carbocycles. The van der Waals surface area contributed by atoms with Crippen LogP contribution >= 0.6 is 0 Å². The van der Waals surface area contributed by atoms with Gasteiger partial charge >= 0.3 is 0 Å². The van der Waals surface area contributed by atoms with E-state index in [1.54, 1.807) is 37.3 Å². The van der Waals surface area contributed by atoms with Crippen LogP contribution in [-0.2, 0) is 9.53 Å². The van der Waals surface area contributed by atoms with Crippen LogP contribution in [0.2, 0.25) is 0 Å². The van der Waals surface area contributed by atoms with Gasteiger partial charge in [0.05, 0.1) is 4.92 Å². The molecule has 1 amide bonds. The predicted octanol–water partition coefficient (Wildman–Crippen LogP) is 2.10. The molecule has 0 aromatic heterocycles. The monoisotopic (exact) mass is 278 g/mol. The molecule has 0 aliphatic heterocycles. The molecule has 0 unspecified atom stereocenters. The van der Waals surface area contributed by atoms with Crippen molar-refractivity contribution in [2.75, 3.05) is 27.3 Å². The highest BCUT2D eigenvalue weighted by molar-refractivity contribution is 5.91. The summed E-state index contributed by atoms with van der Waals surface area (Å²) in [5.41, 5.74) is 0.777. The highest BCUT2D eigenvalue weighted by Gasteiger charge is 2.05. The van der Waals surface area contributed by atoms with Gasteiger partial charge in [0.2, 0.25) is 5.91 Å². The molecule has 6 heteroatoms. The van der Waals surface area contributed by atoms with E-state index in [1.807, 2.05) is 0 Å². The number of nitrogens with zero attached hydrogens (tertiary/aromatic N) is 2. The third-order valence-corrected chi connectivity index (χ3v) is 2.74. The molecule has 0 saturated heterocycles. The number of carbonyl (C=O) groups is 1. The summed E-state index contributed by atoms with van der Waals surface area (Å²) in [5, 5.41) is 10.5. The average Bonchev–Trinajstić information content (AvgIpc) is 2.45. The van der Waals surface area contributed by atoms with Crippen molar-refractivity contribution >= 4 is 17.7 Å². The molecule has 20 heavy (non-hydrogen) atoms. The first-order valence-electron chi connectivity index (χ1n) is 6.21. The van der Waals surface area contributed by atoms with Gasteiger partial charge in [0, 0.05) is 45.5 Å². The normalized spacial score (nSPS) is 10.7. The average molecular weight is 278 g/mol. The van der Waals surface area contributed by atoms with Crippen LogP contribution in [0.5, 0.6) is 0 Å². The molecular formula is C14H18N2O4. The lowest BCUT2D eigenvalue weighted by atomic mass is 10.2. The Labute approximate surface area is 117 Å². The fourth-order valence-electron chi connectivity index (χ4n) is 1.56. The van der Waals surface area contributed by atoms with Gasteiger partial charge < -0.3 is 9.64 Å². The first kappa shape index (κ1) is 15.8. The zero-order chi connectivity index (χ0) is 15.0. The molecule has 0 N–H and O–H groups in total. The predicted molar refractivity (Wildman–Crippen MR) is 76.3 cm³/mol. The molecule has 1 rings (SSSR count). The molecule has 0 spiro atoms. The summed E-state index contributed by atoms with van der Waals surface area (Å²) >= 11 is 0. The zero-order valence-corrected chi connectivity index (χ0v) is 11.6. The number of benzene rings is 1. The number of non-ortho nitro benzene ring substituents is 1. The minimum absolute atomic E-state index is 0.0326. The molecule has 0 heterocycles. The molecule has 6 nitrogen and oxygen atoms in total. The summed E-state index contributed by atoms with van der Waals surface area (Å²) in [6, 6.07) is 6.03. The number of ether oxygens (including phenoxy) is 1. The molecule has 1 aromatic rings. The summed E-state index contributed by atoms with van der Waals surface area (Å²) in [7, 11) is 3.34.